The molecule has 0 aromatic heterocycles. The van der Waals surface area contributed by atoms with Crippen molar-refractivity contribution in [2.45, 2.75) is 24.5 Å². The van der Waals surface area contributed by atoms with E-state index in [4.69, 9.17) is 16.3 Å². The zero-order valence-corrected chi connectivity index (χ0v) is 21.6. The first kappa shape index (κ1) is 23.9. The Bertz CT molecular complexity index is 1660. The number of carbonyl (C=O) groups is 4. The van der Waals surface area contributed by atoms with Gasteiger partial charge in [-0.2, -0.15) is 0 Å². The van der Waals surface area contributed by atoms with E-state index in [-0.39, 0.29) is 22.3 Å². The van der Waals surface area contributed by atoms with Crippen molar-refractivity contribution in [2.75, 3.05) is 0 Å². The summed E-state index contributed by atoms with van der Waals surface area (Å²) in [5.74, 6) is -3.20. The average molecular weight is 533 g/mol. The summed E-state index contributed by atoms with van der Waals surface area (Å²) in [6, 6.07) is 27.1. The molecule has 1 fully saturated rings. The predicted octanol–water partition coefficient (Wildman–Crippen LogP) is 6.39. The highest BCUT2D eigenvalue weighted by Crippen LogP contribution is 2.67. The van der Waals surface area contributed by atoms with Gasteiger partial charge in [0.25, 0.3) is 0 Å². The van der Waals surface area contributed by atoms with Crippen molar-refractivity contribution in [3.8, 4) is 0 Å². The maximum absolute atomic E-state index is 14.6. The monoisotopic (exact) mass is 532 g/mol. The van der Waals surface area contributed by atoms with Crippen LogP contribution in [0.4, 0.5) is 0 Å². The van der Waals surface area contributed by atoms with E-state index < -0.39 is 46.2 Å². The lowest BCUT2D eigenvalue weighted by Gasteiger charge is -2.34. The molecule has 0 saturated carbocycles. The molecule has 2 atom stereocenters. The van der Waals surface area contributed by atoms with Crippen LogP contribution in [0.15, 0.2) is 97.1 Å². The Morgan fingerprint density at radius 1 is 0.590 bits per heavy atom. The number of ketones is 4. The number of halogens is 1. The van der Waals surface area contributed by atoms with E-state index in [2.05, 4.69) is 0 Å². The van der Waals surface area contributed by atoms with Crippen molar-refractivity contribution < 1.29 is 23.9 Å². The molecule has 0 N–H and O–H groups in total. The molecule has 3 aliphatic rings. The number of Topliss-reactive ketones (excluding diaryl/α,β-unsaturated/α-hetero) is 4. The molecular formula is C33H21ClO5. The summed E-state index contributed by atoms with van der Waals surface area (Å²) >= 11 is 6.18. The molecule has 1 saturated heterocycles. The van der Waals surface area contributed by atoms with Crippen molar-refractivity contribution in [3.05, 3.63) is 141 Å². The van der Waals surface area contributed by atoms with Crippen LogP contribution in [0, 0.1) is 12.3 Å². The van der Waals surface area contributed by atoms with Gasteiger partial charge in [-0.25, -0.2) is 0 Å². The van der Waals surface area contributed by atoms with Gasteiger partial charge in [0.15, 0.2) is 11.6 Å². The van der Waals surface area contributed by atoms with E-state index >= 15 is 0 Å². The fourth-order valence-electron chi connectivity index (χ4n) is 6.72. The van der Waals surface area contributed by atoms with Crippen molar-refractivity contribution in [1.82, 2.24) is 0 Å². The van der Waals surface area contributed by atoms with E-state index in [1.54, 1.807) is 84.9 Å². The maximum atomic E-state index is 14.6. The van der Waals surface area contributed by atoms with E-state index in [1.165, 1.54) is 0 Å². The molecular weight excluding hydrogens is 512 g/mol. The number of hydrogen-bond acceptors (Lipinski definition) is 5. The Labute approximate surface area is 229 Å². The SMILES string of the molecule is Cc1ccc(C2C3(OC(c4ccc(Cl)cc4)C24C(=O)c2ccccc2C4=O)C(=O)c2ccccc2C3=O)cc1. The normalized spacial score (nSPS) is 22.1. The van der Waals surface area contributed by atoms with E-state index in [0.29, 0.717) is 16.1 Å². The molecule has 5 nitrogen and oxygen atoms in total. The second kappa shape index (κ2) is 8.15. The second-order valence-electron chi connectivity index (χ2n) is 10.4. The lowest BCUT2D eigenvalue weighted by atomic mass is 9.60. The van der Waals surface area contributed by atoms with Crippen LogP contribution in [-0.4, -0.2) is 28.7 Å². The zero-order chi connectivity index (χ0) is 27.1. The van der Waals surface area contributed by atoms with Gasteiger partial charge in [-0.15, -0.1) is 0 Å². The van der Waals surface area contributed by atoms with Crippen LogP contribution in [-0.2, 0) is 4.74 Å². The standard InChI is InChI=1S/C33H21ClO5/c1-18-10-12-19(13-11-18)26-32(27(35)22-6-2-3-7-23(22)28(32)36)31(20-14-16-21(34)17-15-20)39-33(26)29(37)24-8-4-5-9-25(24)30(33)38/h2-17,26,31H,1H3. The van der Waals surface area contributed by atoms with Crippen molar-refractivity contribution >= 4 is 34.7 Å². The fourth-order valence-corrected chi connectivity index (χ4v) is 6.85. The third-order valence-corrected chi connectivity index (χ3v) is 8.67. The first-order chi connectivity index (χ1) is 18.8. The third-order valence-electron chi connectivity index (χ3n) is 8.42. The number of rotatable bonds is 2. The molecule has 7 rings (SSSR count). The Balaban J connectivity index is 1.59. The van der Waals surface area contributed by atoms with Crippen LogP contribution < -0.4 is 0 Å². The molecule has 2 aliphatic carbocycles. The van der Waals surface area contributed by atoms with Crippen molar-refractivity contribution in [1.29, 1.82) is 0 Å². The van der Waals surface area contributed by atoms with Gasteiger partial charge in [0.05, 0.1) is 5.92 Å². The molecule has 1 heterocycles. The van der Waals surface area contributed by atoms with Crippen molar-refractivity contribution in [3.63, 3.8) is 0 Å². The Kier molecular flexibility index (Phi) is 5.00. The molecule has 6 heteroatoms. The highest BCUT2D eigenvalue weighted by Gasteiger charge is 2.79. The quantitative estimate of drug-likeness (QED) is 0.280. The number of benzene rings is 4. The van der Waals surface area contributed by atoms with Gasteiger partial charge in [-0.1, -0.05) is 102 Å². The lowest BCUT2D eigenvalue weighted by Crippen LogP contribution is -2.51. The van der Waals surface area contributed by atoms with Gasteiger partial charge in [-0.3, -0.25) is 19.2 Å². The summed E-state index contributed by atoms with van der Waals surface area (Å²) in [6.45, 7) is 1.92. The number of aryl methyl sites for hydroxylation is 1. The average Bonchev–Trinajstić information content (AvgIpc) is 3.48. The lowest BCUT2D eigenvalue weighted by molar-refractivity contribution is -0.0210. The van der Waals surface area contributed by atoms with E-state index in [1.807, 2.05) is 19.1 Å². The summed E-state index contributed by atoms with van der Waals surface area (Å²) in [5.41, 5.74) is -1.07. The Hall–Kier alpha value is -4.19. The smallest absolute Gasteiger partial charge is 0.204 e. The van der Waals surface area contributed by atoms with Gasteiger partial charge in [-0.05, 0) is 30.2 Å². The molecule has 4 aromatic carbocycles. The molecule has 0 amide bonds. The first-order valence-corrected chi connectivity index (χ1v) is 13.1. The molecule has 2 unspecified atom stereocenters. The van der Waals surface area contributed by atoms with E-state index in [9.17, 15) is 19.2 Å². The van der Waals surface area contributed by atoms with Crippen LogP contribution in [0.5, 0.6) is 0 Å². The number of carbonyl (C=O) groups excluding carboxylic acids is 4. The largest absolute Gasteiger partial charge is 0.348 e. The zero-order valence-electron chi connectivity index (χ0n) is 20.8. The van der Waals surface area contributed by atoms with Crippen LogP contribution in [0.3, 0.4) is 0 Å². The molecule has 1 aliphatic heterocycles. The van der Waals surface area contributed by atoms with Crippen LogP contribution in [0.2, 0.25) is 5.02 Å². The number of hydrogen-bond donors (Lipinski definition) is 0. The van der Waals surface area contributed by atoms with Gasteiger partial charge in [0.1, 0.15) is 11.5 Å². The highest BCUT2D eigenvalue weighted by molar-refractivity contribution is 6.37. The summed E-state index contributed by atoms with van der Waals surface area (Å²) in [7, 11) is 0. The van der Waals surface area contributed by atoms with Crippen LogP contribution in [0.25, 0.3) is 0 Å². The fraction of sp³-hybridized carbons (Fsp3) is 0.152. The third kappa shape index (κ3) is 2.89. The molecule has 39 heavy (non-hydrogen) atoms. The van der Waals surface area contributed by atoms with Crippen molar-refractivity contribution in [2.24, 2.45) is 5.41 Å². The maximum Gasteiger partial charge on any atom is 0.204 e. The summed E-state index contributed by atoms with van der Waals surface area (Å²) in [6.07, 6.45) is -1.21. The first-order valence-electron chi connectivity index (χ1n) is 12.7. The summed E-state index contributed by atoms with van der Waals surface area (Å²) in [5, 5.41) is 0.461. The van der Waals surface area contributed by atoms with Gasteiger partial charge in [0, 0.05) is 27.3 Å². The number of fused-ring (bicyclic) bond motifs is 2. The van der Waals surface area contributed by atoms with Gasteiger partial charge >= 0.3 is 0 Å². The number of ether oxygens (including phenoxy) is 1. The molecule has 4 aromatic rings. The topological polar surface area (TPSA) is 77.5 Å². The molecule has 2 spiro atoms. The minimum atomic E-state index is -2.10. The minimum absolute atomic E-state index is 0.224. The van der Waals surface area contributed by atoms with Gasteiger partial charge < -0.3 is 4.74 Å². The Morgan fingerprint density at radius 2 is 1.03 bits per heavy atom. The van der Waals surface area contributed by atoms with E-state index in [0.717, 1.165) is 5.56 Å². The molecule has 0 radical (unpaired) electrons. The Morgan fingerprint density at radius 3 is 1.51 bits per heavy atom. The summed E-state index contributed by atoms with van der Waals surface area (Å²) in [4.78, 5) is 57.9. The van der Waals surface area contributed by atoms with Crippen LogP contribution in [0.1, 0.15) is 70.1 Å². The highest BCUT2D eigenvalue weighted by atomic mass is 35.5. The van der Waals surface area contributed by atoms with Crippen LogP contribution >= 0.6 is 11.6 Å². The second-order valence-corrected chi connectivity index (χ2v) is 10.8. The predicted molar refractivity (Wildman–Crippen MR) is 145 cm³/mol. The minimum Gasteiger partial charge on any atom is -0.348 e. The molecule has 190 valence electrons. The summed E-state index contributed by atoms with van der Waals surface area (Å²) < 4.78 is 6.67. The van der Waals surface area contributed by atoms with Gasteiger partial charge in [0.2, 0.25) is 17.2 Å². The molecule has 0 bridgehead atoms.